The number of amides is 1. The standard InChI is InChI=1S/C12H17BrN2O/c1-2-15-12(16)7-10(8-14)9-3-5-11(13)6-4-9/h3-6,10H,2,7-8,14H2,1H3,(H,15,16). The molecule has 0 fully saturated rings. The van der Waals surface area contributed by atoms with Crippen LogP contribution in [0.5, 0.6) is 0 Å². The van der Waals surface area contributed by atoms with Crippen molar-refractivity contribution in [2.24, 2.45) is 5.73 Å². The Hall–Kier alpha value is -0.870. The molecule has 1 amide bonds. The van der Waals surface area contributed by atoms with Gasteiger partial charge in [0.25, 0.3) is 0 Å². The molecule has 88 valence electrons. The maximum Gasteiger partial charge on any atom is 0.220 e. The van der Waals surface area contributed by atoms with Crippen LogP contribution < -0.4 is 11.1 Å². The maximum absolute atomic E-state index is 11.5. The van der Waals surface area contributed by atoms with E-state index in [4.69, 9.17) is 5.73 Å². The first kappa shape index (κ1) is 13.2. The monoisotopic (exact) mass is 284 g/mol. The predicted molar refractivity (Wildman–Crippen MR) is 69.2 cm³/mol. The van der Waals surface area contributed by atoms with Gasteiger partial charge in [-0.2, -0.15) is 0 Å². The molecular weight excluding hydrogens is 268 g/mol. The first-order chi connectivity index (χ1) is 7.67. The predicted octanol–water partition coefficient (Wildman–Crippen LogP) is 2.02. The van der Waals surface area contributed by atoms with Gasteiger partial charge < -0.3 is 11.1 Å². The highest BCUT2D eigenvalue weighted by Crippen LogP contribution is 2.20. The van der Waals surface area contributed by atoms with E-state index in [1.807, 2.05) is 31.2 Å². The SMILES string of the molecule is CCNC(=O)CC(CN)c1ccc(Br)cc1. The highest BCUT2D eigenvalue weighted by Gasteiger charge is 2.13. The first-order valence-electron chi connectivity index (χ1n) is 5.39. The van der Waals surface area contributed by atoms with Crippen molar-refractivity contribution in [2.75, 3.05) is 13.1 Å². The number of carbonyl (C=O) groups excluding carboxylic acids is 1. The van der Waals surface area contributed by atoms with E-state index in [0.29, 0.717) is 19.5 Å². The highest BCUT2D eigenvalue weighted by molar-refractivity contribution is 9.10. The Labute approximate surface area is 105 Å². The molecule has 0 aromatic heterocycles. The van der Waals surface area contributed by atoms with Gasteiger partial charge in [-0.3, -0.25) is 4.79 Å². The lowest BCUT2D eigenvalue weighted by Gasteiger charge is -2.14. The van der Waals surface area contributed by atoms with E-state index >= 15 is 0 Å². The number of halogens is 1. The highest BCUT2D eigenvalue weighted by atomic mass is 79.9. The normalized spacial score (nSPS) is 12.2. The Morgan fingerprint density at radius 2 is 2.06 bits per heavy atom. The molecule has 0 heterocycles. The lowest BCUT2D eigenvalue weighted by molar-refractivity contribution is -0.121. The summed E-state index contributed by atoms with van der Waals surface area (Å²) in [6.07, 6.45) is 0.450. The van der Waals surface area contributed by atoms with Crippen molar-refractivity contribution < 1.29 is 4.79 Å². The number of hydrogen-bond acceptors (Lipinski definition) is 2. The van der Waals surface area contributed by atoms with Crippen molar-refractivity contribution in [3.63, 3.8) is 0 Å². The molecular formula is C12H17BrN2O. The second kappa shape index (κ2) is 6.66. The van der Waals surface area contributed by atoms with E-state index in [1.54, 1.807) is 0 Å². The lowest BCUT2D eigenvalue weighted by Crippen LogP contribution is -2.27. The summed E-state index contributed by atoms with van der Waals surface area (Å²) in [6.45, 7) is 3.06. The van der Waals surface area contributed by atoms with Crippen LogP contribution in [0.4, 0.5) is 0 Å². The Kier molecular flexibility index (Phi) is 5.49. The summed E-state index contributed by atoms with van der Waals surface area (Å²) in [4.78, 5) is 11.5. The molecule has 0 aliphatic heterocycles. The van der Waals surface area contributed by atoms with Gasteiger partial charge in [0.2, 0.25) is 5.91 Å². The molecule has 1 aromatic rings. The molecule has 1 unspecified atom stereocenters. The van der Waals surface area contributed by atoms with Crippen LogP contribution in [0.3, 0.4) is 0 Å². The number of nitrogens with two attached hydrogens (primary N) is 1. The molecule has 0 bridgehead atoms. The van der Waals surface area contributed by atoms with Crippen LogP contribution >= 0.6 is 15.9 Å². The number of carbonyl (C=O) groups is 1. The van der Waals surface area contributed by atoms with Gasteiger partial charge in [-0.15, -0.1) is 0 Å². The molecule has 0 radical (unpaired) electrons. The minimum Gasteiger partial charge on any atom is -0.356 e. The Morgan fingerprint density at radius 3 is 2.56 bits per heavy atom. The van der Waals surface area contributed by atoms with E-state index in [-0.39, 0.29) is 11.8 Å². The maximum atomic E-state index is 11.5. The van der Waals surface area contributed by atoms with Gasteiger partial charge in [0.15, 0.2) is 0 Å². The lowest BCUT2D eigenvalue weighted by atomic mass is 9.95. The quantitative estimate of drug-likeness (QED) is 0.869. The van der Waals surface area contributed by atoms with Crippen LogP contribution in [-0.2, 0) is 4.79 Å². The summed E-state index contributed by atoms with van der Waals surface area (Å²) < 4.78 is 1.03. The molecule has 0 aliphatic carbocycles. The average molecular weight is 285 g/mol. The van der Waals surface area contributed by atoms with Crippen molar-refractivity contribution in [1.29, 1.82) is 0 Å². The minimum atomic E-state index is 0.0564. The third-order valence-corrected chi connectivity index (χ3v) is 2.96. The largest absolute Gasteiger partial charge is 0.356 e. The van der Waals surface area contributed by atoms with Gasteiger partial charge in [-0.1, -0.05) is 28.1 Å². The fourth-order valence-corrected chi connectivity index (χ4v) is 1.83. The van der Waals surface area contributed by atoms with E-state index in [9.17, 15) is 4.79 Å². The van der Waals surface area contributed by atoms with Crippen molar-refractivity contribution in [2.45, 2.75) is 19.3 Å². The summed E-state index contributed by atoms with van der Waals surface area (Å²) in [6, 6.07) is 7.94. The average Bonchev–Trinajstić information content (AvgIpc) is 2.27. The summed E-state index contributed by atoms with van der Waals surface area (Å²) >= 11 is 3.38. The fourth-order valence-electron chi connectivity index (χ4n) is 1.57. The Bertz CT molecular complexity index is 337. The number of hydrogen-bond donors (Lipinski definition) is 2. The molecule has 0 spiro atoms. The van der Waals surface area contributed by atoms with Gasteiger partial charge in [0.1, 0.15) is 0 Å². The molecule has 0 saturated carbocycles. The first-order valence-corrected chi connectivity index (χ1v) is 6.19. The van der Waals surface area contributed by atoms with E-state index < -0.39 is 0 Å². The molecule has 1 aromatic carbocycles. The molecule has 3 N–H and O–H groups in total. The zero-order valence-corrected chi connectivity index (χ0v) is 11.0. The molecule has 1 rings (SSSR count). The van der Waals surface area contributed by atoms with Gasteiger partial charge in [0.05, 0.1) is 0 Å². The zero-order chi connectivity index (χ0) is 12.0. The molecule has 0 saturated heterocycles. The number of nitrogens with one attached hydrogen (secondary N) is 1. The fraction of sp³-hybridized carbons (Fsp3) is 0.417. The third-order valence-electron chi connectivity index (χ3n) is 2.43. The van der Waals surface area contributed by atoms with E-state index in [0.717, 1.165) is 10.0 Å². The number of rotatable bonds is 5. The van der Waals surface area contributed by atoms with Gasteiger partial charge >= 0.3 is 0 Å². The van der Waals surface area contributed by atoms with E-state index in [2.05, 4.69) is 21.2 Å². The summed E-state index contributed by atoms with van der Waals surface area (Å²) in [5, 5.41) is 2.79. The molecule has 0 aliphatic rings. The zero-order valence-electron chi connectivity index (χ0n) is 9.37. The van der Waals surface area contributed by atoms with Crippen molar-refractivity contribution in [3.05, 3.63) is 34.3 Å². The summed E-state index contributed by atoms with van der Waals surface area (Å²) in [5.74, 6) is 0.153. The Morgan fingerprint density at radius 1 is 1.44 bits per heavy atom. The van der Waals surface area contributed by atoms with Gasteiger partial charge in [0, 0.05) is 23.4 Å². The van der Waals surface area contributed by atoms with Crippen molar-refractivity contribution in [3.8, 4) is 0 Å². The van der Waals surface area contributed by atoms with Crippen LogP contribution in [0, 0.1) is 0 Å². The van der Waals surface area contributed by atoms with Crippen LogP contribution in [0.25, 0.3) is 0 Å². The molecule has 16 heavy (non-hydrogen) atoms. The van der Waals surface area contributed by atoms with Gasteiger partial charge in [-0.05, 0) is 31.2 Å². The third kappa shape index (κ3) is 3.94. The van der Waals surface area contributed by atoms with E-state index in [1.165, 1.54) is 0 Å². The summed E-state index contributed by atoms with van der Waals surface area (Å²) in [7, 11) is 0. The smallest absolute Gasteiger partial charge is 0.220 e. The van der Waals surface area contributed by atoms with Crippen LogP contribution in [0.1, 0.15) is 24.8 Å². The van der Waals surface area contributed by atoms with Crippen molar-refractivity contribution >= 4 is 21.8 Å². The molecule has 1 atom stereocenters. The second-order valence-electron chi connectivity index (χ2n) is 3.64. The Balaban J connectivity index is 2.67. The second-order valence-corrected chi connectivity index (χ2v) is 4.56. The van der Waals surface area contributed by atoms with Crippen LogP contribution in [0.15, 0.2) is 28.7 Å². The minimum absolute atomic E-state index is 0.0564. The van der Waals surface area contributed by atoms with Gasteiger partial charge in [-0.25, -0.2) is 0 Å². The van der Waals surface area contributed by atoms with Crippen LogP contribution in [-0.4, -0.2) is 19.0 Å². The number of benzene rings is 1. The molecule has 4 heteroatoms. The van der Waals surface area contributed by atoms with Crippen molar-refractivity contribution in [1.82, 2.24) is 5.32 Å². The summed E-state index contributed by atoms with van der Waals surface area (Å²) in [5.41, 5.74) is 6.80. The van der Waals surface area contributed by atoms with Crippen LogP contribution in [0.2, 0.25) is 0 Å². The molecule has 3 nitrogen and oxygen atoms in total. The topological polar surface area (TPSA) is 55.1 Å².